The van der Waals surface area contributed by atoms with Gasteiger partial charge in [-0.15, -0.1) is 11.8 Å². The predicted molar refractivity (Wildman–Crippen MR) is 103 cm³/mol. The zero-order chi connectivity index (χ0) is 20.2. The number of hydrogen-bond acceptors (Lipinski definition) is 4. The highest BCUT2D eigenvalue weighted by atomic mass is 32.2. The maximum Gasteiger partial charge on any atom is 0.417 e. The summed E-state index contributed by atoms with van der Waals surface area (Å²) in [6, 6.07) is 5.73. The van der Waals surface area contributed by atoms with Crippen molar-refractivity contribution in [3.05, 3.63) is 41.1 Å². The van der Waals surface area contributed by atoms with Crippen LogP contribution in [0.1, 0.15) is 23.7 Å². The third-order valence-corrected chi connectivity index (χ3v) is 4.71. The lowest BCUT2D eigenvalue weighted by Crippen LogP contribution is -2.14. The number of rotatable bonds is 6. The molecule has 0 aliphatic carbocycles. The Morgan fingerprint density at radius 2 is 1.96 bits per heavy atom. The Labute approximate surface area is 161 Å². The summed E-state index contributed by atoms with van der Waals surface area (Å²) in [6.07, 6.45) is -1.13. The van der Waals surface area contributed by atoms with Crippen molar-refractivity contribution in [2.75, 3.05) is 19.8 Å². The van der Waals surface area contributed by atoms with Crippen LogP contribution in [0.5, 0.6) is 11.6 Å². The number of alkyl halides is 3. The molecule has 0 unspecified atom stereocenters. The van der Waals surface area contributed by atoms with Crippen LogP contribution in [0.25, 0.3) is 0 Å². The molecule has 1 aromatic heterocycles. The van der Waals surface area contributed by atoms with E-state index in [1.807, 2.05) is 18.9 Å². The summed E-state index contributed by atoms with van der Waals surface area (Å²) in [5, 5.41) is 0. The van der Waals surface area contributed by atoms with E-state index in [4.69, 9.17) is 4.74 Å². The predicted octanol–water partition coefficient (Wildman–Crippen LogP) is 5.84. The minimum absolute atomic E-state index is 0.0945. The van der Waals surface area contributed by atoms with Crippen LogP contribution in [-0.4, -0.2) is 36.1 Å². The Bertz CT molecular complexity index is 838. The highest BCUT2D eigenvalue weighted by molar-refractivity contribution is 7.98. The minimum atomic E-state index is -4.44. The third-order valence-electron chi connectivity index (χ3n) is 3.91. The van der Waals surface area contributed by atoms with Crippen molar-refractivity contribution in [2.24, 2.45) is 4.99 Å². The van der Waals surface area contributed by atoms with Gasteiger partial charge >= 0.3 is 6.18 Å². The fraction of sp³-hybridized carbons (Fsp3) is 0.368. The number of aryl methyl sites for hydroxylation is 2. The first-order valence-corrected chi connectivity index (χ1v) is 9.54. The first kappa shape index (κ1) is 21.1. The quantitative estimate of drug-likeness (QED) is 0.348. The van der Waals surface area contributed by atoms with Crippen LogP contribution < -0.4 is 4.74 Å². The molecule has 146 valence electrons. The van der Waals surface area contributed by atoms with Crippen molar-refractivity contribution >= 4 is 23.8 Å². The fourth-order valence-electron chi connectivity index (χ4n) is 2.23. The molecule has 0 radical (unpaired) electrons. The second-order valence-electron chi connectivity index (χ2n) is 5.99. The monoisotopic (exact) mass is 397 g/mol. The van der Waals surface area contributed by atoms with Crippen LogP contribution in [0, 0.1) is 13.8 Å². The van der Waals surface area contributed by atoms with Gasteiger partial charge in [-0.2, -0.15) is 13.2 Å². The second kappa shape index (κ2) is 8.65. The van der Waals surface area contributed by atoms with Crippen molar-refractivity contribution in [2.45, 2.75) is 31.8 Å². The van der Waals surface area contributed by atoms with Crippen LogP contribution in [0.4, 0.5) is 18.9 Å². The van der Waals surface area contributed by atoms with E-state index in [-0.39, 0.29) is 16.5 Å². The molecule has 0 N–H and O–H groups in total. The van der Waals surface area contributed by atoms with Gasteiger partial charge < -0.3 is 9.64 Å². The third kappa shape index (κ3) is 5.38. The molecule has 1 heterocycles. The first-order chi connectivity index (χ1) is 12.7. The lowest BCUT2D eigenvalue weighted by molar-refractivity contribution is -0.139. The van der Waals surface area contributed by atoms with Crippen LogP contribution >= 0.6 is 11.8 Å². The second-order valence-corrected chi connectivity index (χ2v) is 6.84. The molecule has 0 spiro atoms. The molecule has 0 saturated carbocycles. The van der Waals surface area contributed by atoms with E-state index in [0.29, 0.717) is 16.9 Å². The van der Waals surface area contributed by atoms with E-state index in [1.165, 1.54) is 12.1 Å². The topological polar surface area (TPSA) is 37.7 Å². The van der Waals surface area contributed by atoms with Gasteiger partial charge in [0, 0.05) is 24.1 Å². The number of thioether (sulfide) groups is 1. The summed E-state index contributed by atoms with van der Waals surface area (Å²) in [5.74, 6) is 0.359. The van der Waals surface area contributed by atoms with Crippen molar-refractivity contribution in [1.82, 2.24) is 9.88 Å². The van der Waals surface area contributed by atoms with E-state index in [0.717, 1.165) is 24.4 Å². The van der Waals surface area contributed by atoms with Crippen molar-refractivity contribution in [3.63, 3.8) is 0 Å². The van der Waals surface area contributed by atoms with E-state index >= 15 is 0 Å². The molecule has 0 atom stereocenters. The lowest BCUT2D eigenvalue weighted by Gasteiger charge is -2.15. The SMILES string of the molecule is CCN(C)C=Nc1cc(C)c(Oc2ccc(SC)c(C(F)(F)F)c2)nc1C. The minimum Gasteiger partial charge on any atom is -0.439 e. The van der Waals surface area contributed by atoms with Gasteiger partial charge in [0.25, 0.3) is 0 Å². The number of halogens is 3. The molecule has 2 aromatic rings. The van der Waals surface area contributed by atoms with Gasteiger partial charge in [-0.25, -0.2) is 9.98 Å². The smallest absolute Gasteiger partial charge is 0.417 e. The van der Waals surface area contributed by atoms with Gasteiger partial charge in [-0.3, -0.25) is 0 Å². The molecule has 0 fully saturated rings. The first-order valence-electron chi connectivity index (χ1n) is 8.31. The summed E-state index contributed by atoms with van der Waals surface area (Å²) >= 11 is 1.04. The van der Waals surface area contributed by atoms with Crippen LogP contribution in [0.2, 0.25) is 0 Å². The Hall–Kier alpha value is -2.22. The highest BCUT2D eigenvalue weighted by Crippen LogP contribution is 2.39. The maximum atomic E-state index is 13.2. The number of aliphatic imine (C=N–C) groups is 1. The summed E-state index contributed by atoms with van der Waals surface area (Å²) in [7, 11) is 1.91. The van der Waals surface area contributed by atoms with E-state index in [2.05, 4.69) is 9.98 Å². The normalized spacial score (nSPS) is 11.9. The number of benzene rings is 1. The van der Waals surface area contributed by atoms with Gasteiger partial charge in [-0.1, -0.05) is 0 Å². The maximum absolute atomic E-state index is 13.2. The number of pyridine rings is 1. The van der Waals surface area contributed by atoms with Crippen LogP contribution in [-0.2, 0) is 6.18 Å². The average molecular weight is 397 g/mol. The van der Waals surface area contributed by atoms with Gasteiger partial charge in [0.15, 0.2) is 0 Å². The molecule has 0 saturated heterocycles. The van der Waals surface area contributed by atoms with Crippen molar-refractivity contribution in [1.29, 1.82) is 0 Å². The molecule has 0 aliphatic heterocycles. The zero-order valence-electron chi connectivity index (χ0n) is 15.9. The number of hydrogen-bond donors (Lipinski definition) is 0. The number of ether oxygens (including phenoxy) is 1. The molecule has 4 nitrogen and oxygen atoms in total. The largest absolute Gasteiger partial charge is 0.439 e. The van der Waals surface area contributed by atoms with Crippen LogP contribution in [0.3, 0.4) is 0 Å². The number of aromatic nitrogens is 1. The molecule has 1 aromatic carbocycles. The summed E-state index contributed by atoms with van der Waals surface area (Å²) in [4.78, 5) is 10.8. The number of nitrogens with zero attached hydrogens (tertiary/aromatic N) is 3. The molecule has 2 rings (SSSR count). The Balaban J connectivity index is 2.33. The Kier molecular flexibility index (Phi) is 6.75. The highest BCUT2D eigenvalue weighted by Gasteiger charge is 2.33. The van der Waals surface area contributed by atoms with Crippen molar-refractivity contribution < 1.29 is 17.9 Å². The molecule has 8 heteroatoms. The molecule has 27 heavy (non-hydrogen) atoms. The van der Waals surface area contributed by atoms with Gasteiger partial charge in [0.05, 0.1) is 23.3 Å². The summed E-state index contributed by atoms with van der Waals surface area (Å²) in [5.41, 5.74) is 1.29. The molecule has 0 bridgehead atoms. The van der Waals surface area contributed by atoms with E-state index in [9.17, 15) is 13.2 Å². The summed E-state index contributed by atoms with van der Waals surface area (Å²) < 4.78 is 45.3. The Morgan fingerprint density at radius 3 is 2.56 bits per heavy atom. The Morgan fingerprint density at radius 1 is 1.26 bits per heavy atom. The van der Waals surface area contributed by atoms with Gasteiger partial charge in [-0.05, 0) is 51.3 Å². The van der Waals surface area contributed by atoms with Crippen LogP contribution in [0.15, 0.2) is 34.2 Å². The van der Waals surface area contributed by atoms with E-state index in [1.54, 1.807) is 32.5 Å². The molecular formula is C19H22F3N3OS. The lowest BCUT2D eigenvalue weighted by atomic mass is 10.2. The zero-order valence-corrected chi connectivity index (χ0v) is 16.7. The molecular weight excluding hydrogens is 375 g/mol. The van der Waals surface area contributed by atoms with Gasteiger partial charge in [0.2, 0.25) is 5.88 Å². The average Bonchev–Trinajstić information content (AvgIpc) is 2.62. The van der Waals surface area contributed by atoms with E-state index < -0.39 is 11.7 Å². The molecule has 0 aliphatic rings. The van der Waals surface area contributed by atoms with Crippen molar-refractivity contribution in [3.8, 4) is 11.6 Å². The standard InChI is InChI=1S/C19H22F3N3OS/c1-6-25(4)11-23-16-9-12(2)18(24-13(16)3)26-14-7-8-17(27-5)15(10-14)19(20,21)22/h7-11H,6H2,1-5H3. The van der Waals surface area contributed by atoms with Gasteiger partial charge in [0.1, 0.15) is 5.75 Å². The molecule has 0 amide bonds. The summed E-state index contributed by atoms with van der Waals surface area (Å²) in [6.45, 7) is 6.40. The fourth-order valence-corrected chi connectivity index (χ4v) is 2.83.